The number of likely N-dealkylation sites (N-methyl/N-ethyl adjacent to an activating group) is 1. The van der Waals surface area contributed by atoms with Gasteiger partial charge in [0, 0.05) is 12.6 Å². The van der Waals surface area contributed by atoms with Gasteiger partial charge in [-0.05, 0) is 72.8 Å². The fourth-order valence-electron chi connectivity index (χ4n) is 3.19. The highest BCUT2D eigenvalue weighted by Gasteiger charge is 2.25. The van der Waals surface area contributed by atoms with Crippen LogP contribution in [-0.2, 0) is 0 Å². The largest absolute Gasteiger partial charge is 0.308 e. The van der Waals surface area contributed by atoms with E-state index in [1.165, 1.54) is 38.9 Å². The summed E-state index contributed by atoms with van der Waals surface area (Å²) in [6.07, 6.45) is 5.95. The summed E-state index contributed by atoms with van der Waals surface area (Å²) >= 11 is 0. The Balaban J connectivity index is 2.25. The maximum Gasteiger partial charge on any atom is 0.103 e. The molecule has 20 heavy (non-hydrogen) atoms. The van der Waals surface area contributed by atoms with E-state index in [1.807, 2.05) is 6.92 Å². The molecule has 0 aliphatic carbocycles. The molecule has 0 aromatic rings. The Morgan fingerprint density at radius 3 is 2.75 bits per heavy atom. The Morgan fingerprint density at radius 2 is 2.15 bits per heavy atom. The summed E-state index contributed by atoms with van der Waals surface area (Å²) < 4.78 is 0. The molecule has 1 N–H and O–H groups in total. The third-order valence-electron chi connectivity index (χ3n) is 4.26. The van der Waals surface area contributed by atoms with Gasteiger partial charge in [0.05, 0.1) is 6.07 Å². The molecule has 0 spiro atoms. The summed E-state index contributed by atoms with van der Waals surface area (Å²) in [5.41, 5.74) is -0.344. The third kappa shape index (κ3) is 5.78. The van der Waals surface area contributed by atoms with Crippen LogP contribution in [0.5, 0.6) is 0 Å². The normalized spacial score (nSPS) is 22.9. The van der Waals surface area contributed by atoms with Crippen LogP contribution in [0.25, 0.3) is 0 Å². The Bertz CT molecular complexity index is 310. The lowest BCUT2D eigenvalue weighted by atomic mass is 9.96. The minimum Gasteiger partial charge on any atom is -0.308 e. The second-order valence-electron chi connectivity index (χ2n) is 6.53. The van der Waals surface area contributed by atoms with E-state index in [1.54, 1.807) is 0 Å². The SMILES string of the molecule is CCNC(C)(C#N)CCCCN1CCCC1CN(C)C. The predicted octanol–water partition coefficient (Wildman–Crippen LogP) is 2.07. The minimum atomic E-state index is -0.344. The van der Waals surface area contributed by atoms with Crippen molar-refractivity contribution in [3.05, 3.63) is 0 Å². The average molecular weight is 280 g/mol. The molecule has 0 aromatic carbocycles. The molecule has 1 fully saturated rings. The summed E-state index contributed by atoms with van der Waals surface area (Å²) in [6.45, 7) is 8.55. The standard InChI is InChI=1S/C16H32N4/c1-5-18-16(2,14-17)10-6-7-11-20-12-8-9-15(20)13-19(3)4/h15,18H,5-13H2,1-4H3. The van der Waals surface area contributed by atoms with Gasteiger partial charge in [-0.3, -0.25) is 10.2 Å². The molecular formula is C16H32N4. The van der Waals surface area contributed by atoms with Gasteiger partial charge in [-0.2, -0.15) is 5.26 Å². The predicted molar refractivity (Wildman–Crippen MR) is 84.7 cm³/mol. The number of nitrogens with zero attached hydrogens (tertiary/aromatic N) is 3. The fourth-order valence-corrected chi connectivity index (χ4v) is 3.19. The van der Waals surface area contributed by atoms with Gasteiger partial charge in [0.2, 0.25) is 0 Å². The first-order valence-corrected chi connectivity index (χ1v) is 8.06. The summed E-state index contributed by atoms with van der Waals surface area (Å²) in [5.74, 6) is 0. The number of hydrogen-bond acceptors (Lipinski definition) is 4. The van der Waals surface area contributed by atoms with Crippen LogP contribution in [0.4, 0.5) is 0 Å². The van der Waals surface area contributed by atoms with E-state index in [4.69, 9.17) is 0 Å². The van der Waals surface area contributed by atoms with Crippen LogP contribution < -0.4 is 5.32 Å². The van der Waals surface area contributed by atoms with Crippen molar-refractivity contribution in [2.45, 2.75) is 57.5 Å². The molecule has 0 aromatic heterocycles. The Hall–Kier alpha value is -0.630. The minimum absolute atomic E-state index is 0.344. The molecule has 2 atom stereocenters. The van der Waals surface area contributed by atoms with Crippen molar-refractivity contribution in [2.75, 3.05) is 40.3 Å². The van der Waals surface area contributed by atoms with Crippen LogP contribution in [-0.4, -0.2) is 61.7 Å². The van der Waals surface area contributed by atoms with Crippen molar-refractivity contribution in [3.63, 3.8) is 0 Å². The molecule has 0 saturated carbocycles. The van der Waals surface area contributed by atoms with E-state index < -0.39 is 0 Å². The molecule has 2 unspecified atom stereocenters. The van der Waals surface area contributed by atoms with Crippen LogP contribution in [0.2, 0.25) is 0 Å². The maximum atomic E-state index is 9.24. The Kier molecular flexibility index (Phi) is 7.50. The van der Waals surface area contributed by atoms with Gasteiger partial charge in [-0.15, -0.1) is 0 Å². The first-order chi connectivity index (χ1) is 9.50. The molecule has 4 nitrogen and oxygen atoms in total. The molecule has 0 amide bonds. The third-order valence-corrected chi connectivity index (χ3v) is 4.26. The maximum absolute atomic E-state index is 9.24. The van der Waals surface area contributed by atoms with Crippen LogP contribution >= 0.6 is 0 Å². The highest BCUT2D eigenvalue weighted by atomic mass is 15.2. The van der Waals surface area contributed by atoms with E-state index in [-0.39, 0.29) is 5.54 Å². The quantitative estimate of drug-likeness (QED) is 0.657. The summed E-state index contributed by atoms with van der Waals surface area (Å²) in [4.78, 5) is 4.93. The highest BCUT2D eigenvalue weighted by Crippen LogP contribution is 2.19. The van der Waals surface area contributed by atoms with Gasteiger partial charge in [-0.1, -0.05) is 6.92 Å². The highest BCUT2D eigenvalue weighted by molar-refractivity contribution is 5.03. The lowest BCUT2D eigenvalue weighted by molar-refractivity contribution is 0.203. The first-order valence-electron chi connectivity index (χ1n) is 8.06. The van der Waals surface area contributed by atoms with Gasteiger partial charge in [0.25, 0.3) is 0 Å². The Labute approximate surface area is 125 Å². The number of rotatable bonds is 9. The van der Waals surface area contributed by atoms with Crippen molar-refractivity contribution in [1.82, 2.24) is 15.1 Å². The molecule has 4 heteroatoms. The van der Waals surface area contributed by atoms with E-state index in [2.05, 4.69) is 42.2 Å². The van der Waals surface area contributed by atoms with Crippen molar-refractivity contribution >= 4 is 0 Å². The molecule has 1 aliphatic rings. The van der Waals surface area contributed by atoms with Crippen LogP contribution in [0.15, 0.2) is 0 Å². The van der Waals surface area contributed by atoms with Crippen molar-refractivity contribution in [3.8, 4) is 6.07 Å². The van der Waals surface area contributed by atoms with E-state index in [0.717, 1.165) is 25.4 Å². The van der Waals surface area contributed by atoms with E-state index in [9.17, 15) is 5.26 Å². The molecule has 0 bridgehead atoms. The smallest absolute Gasteiger partial charge is 0.103 e. The molecule has 1 aliphatic heterocycles. The van der Waals surface area contributed by atoms with E-state index in [0.29, 0.717) is 0 Å². The molecule has 1 rings (SSSR count). The van der Waals surface area contributed by atoms with Gasteiger partial charge < -0.3 is 4.90 Å². The van der Waals surface area contributed by atoms with Gasteiger partial charge in [-0.25, -0.2) is 0 Å². The van der Waals surface area contributed by atoms with Crippen molar-refractivity contribution < 1.29 is 0 Å². The summed E-state index contributed by atoms with van der Waals surface area (Å²) in [6, 6.07) is 3.15. The molecule has 0 radical (unpaired) electrons. The molecule has 1 heterocycles. The zero-order chi connectivity index (χ0) is 15.0. The number of likely N-dealkylation sites (tertiary alicyclic amines) is 1. The second kappa shape index (κ2) is 8.61. The number of unbranched alkanes of at least 4 members (excludes halogenated alkanes) is 1. The zero-order valence-electron chi connectivity index (χ0n) is 13.8. The average Bonchev–Trinajstić information content (AvgIpc) is 2.82. The van der Waals surface area contributed by atoms with E-state index >= 15 is 0 Å². The summed E-state index contributed by atoms with van der Waals surface area (Å²) in [7, 11) is 4.32. The van der Waals surface area contributed by atoms with Gasteiger partial charge >= 0.3 is 0 Å². The first kappa shape index (κ1) is 17.4. The number of hydrogen-bond donors (Lipinski definition) is 1. The fraction of sp³-hybridized carbons (Fsp3) is 0.938. The van der Waals surface area contributed by atoms with Crippen LogP contribution in [0.1, 0.15) is 46.0 Å². The second-order valence-corrected chi connectivity index (χ2v) is 6.53. The Morgan fingerprint density at radius 1 is 1.40 bits per heavy atom. The van der Waals surface area contributed by atoms with Gasteiger partial charge in [0.1, 0.15) is 5.54 Å². The lowest BCUT2D eigenvalue weighted by Gasteiger charge is -2.27. The molecule has 1 saturated heterocycles. The van der Waals surface area contributed by atoms with Crippen LogP contribution in [0.3, 0.4) is 0 Å². The van der Waals surface area contributed by atoms with Crippen molar-refractivity contribution in [2.24, 2.45) is 0 Å². The van der Waals surface area contributed by atoms with Gasteiger partial charge in [0.15, 0.2) is 0 Å². The number of nitriles is 1. The molecular weight excluding hydrogens is 248 g/mol. The lowest BCUT2D eigenvalue weighted by Crippen LogP contribution is -2.41. The topological polar surface area (TPSA) is 42.3 Å². The monoisotopic (exact) mass is 280 g/mol. The van der Waals surface area contributed by atoms with Crippen molar-refractivity contribution in [1.29, 1.82) is 5.26 Å². The van der Waals surface area contributed by atoms with Crippen LogP contribution in [0, 0.1) is 11.3 Å². The molecule has 116 valence electrons. The number of nitrogens with one attached hydrogen (secondary N) is 1. The summed E-state index contributed by atoms with van der Waals surface area (Å²) in [5, 5.41) is 12.5. The zero-order valence-corrected chi connectivity index (χ0v) is 13.8.